The smallest absolute Gasteiger partial charge is 0.137 e. The van der Waals surface area contributed by atoms with Gasteiger partial charge in [0.05, 0.1) is 32.6 Å². The fourth-order valence-electron chi connectivity index (χ4n) is 2.51. The van der Waals surface area contributed by atoms with Crippen molar-refractivity contribution in [3.8, 4) is 0 Å². The average Bonchev–Trinajstić information content (AvgIpc) is 2.55. The van der Waals surface area contributed by atoms with Crippen LogP contribution in [0.15, 0.2) is 24.3 Å². The molecule has 0 saturated carbocycles. The van der Waals surface area contributed by atoms with Crippen LogP contribution in [0.5, 0.6) is 0 Å². The molecule has 0 radical (unpaired) electrons. The molecule has 0 aliphatic rings. The van der Waals surface area contributed by atoms with Crippen LogP contribution in [-0.4, -0.2) is 43.1 Å². The van der Waals surface area contributed by atoms with Crippen molar-refractivity contribution in [2.24, 2.45) is 0 Å². The Morgan fingerprint density at radius 1 is 1.17 bits per heavy atom. The minimum Gasteiger partial charge on any atom is -0.550 e. The van der Waals surface area contributed by atoms with Gasteiger partial charge in [0.15, 0.2) is 0 Å². The zero-order valence-electron chi connectivity index (χ0n) is 14.5. The van der Waals surface area contributed by atoms with Crippen LogP contribution in [0.1, 0.15) is 31.5 Å². The van der Waals surface area contributed by atoms with Gasteiger partial charge in [-0.15, -0.1) is 0 Å². The molecule has 2 aromatic rings. The summed E-state index contributed by atoms with van der Waals surface area (Å²) in [5, 5.41) is 14.8. The van der Waals surface area contributed by atoms with Gasteiger partial charge in [-0.05, 0) is 31.4 Å². The zero-order chi connectivity index (χ0) is 17.4. The van der Waals surface area contributed by atoms with Crippen LogP contribution in [0.2, 0.25) is 0 Å². The molecule has 0 aliphatic carbocycles. The van der Waals surface area contributed by atoms with E-state index in [2.05, 4.69) is 29.4 Å². The highest BCUT2D eigenvalue weighted by atomic mass is 16.4. The molecule has 0 aliphatic heterocycles. The van der Waals surface area contributed by atoms with E-state index in [-0.39, 0.29) is 6.42 Å². The monoisotopic (exact) mass is 330 g/mol. The fraction of sp³-hybridized carbons (Fsp3) is 0.500. The number of aliphatic carboxylic acids is 1. The lowest BCUT2D eigenvalue weighted by molar-refractivity contribution is -0.858. The number of hydrogen-bond donors (Lipinski definition) is 2. The first-order valence-electron chi connectivity index (χ1n) is 8.54. The molecular formula is C18H26N4O2. The van der Waals surface area contributed by atoms with Gasteiger partial charge in [0, 0.05) is 17.9 Å². The van der Waals surface area contributed by atoms with Crippen LogP contribution in [0.25, 0.3) is 10.9 Å². The second kappa shape index (κ2) is 9.17. The molecule has 6 heteroatoms. The summed E-state index contributed by atoms with van der Waals surface area (Å²) in [4.78, 5) is 21.1. The number of unbranched alkanes of at least 4 members (excludes halogenated alkanes) is 2. The molecule has 24 heavy (non-hydrogen) atoms. The molecule has 130 valence electrons. The third kappa shape index (κ3) is 5.77. The second-order valence-corrected chi connectivity index (χ2v) is 6.32. The van der Waals surface area contributed by atoms with Crippen molar-refractivity contribution in [1.82, 2.24) is 9.97 Å². The van der Waals surface area contributed by atoms with E-state index in [1.165, 1.54) is 4.90 Å². The molecule has 1 aromatic heterocycles. The number of benzene rings is 1. The van der Waals surface area contributed by atoms with E-state index in [1.807, 2.05) is 24.3 Å². The summed E-state index contributed by atoms with van der Waals surface area (Å²) in [5.74, 6) is 0.746. The standard InChI is InChI=1S/C18H26N4O2/c1-22(2)13-11-16-20-15-9-6-5-8-14(15)18(21-16)19-12-7-3-4-10-17(23)24/h5-6,8-9H,3-4,7,10-13H2,1-2H3,(H,23,24)(H,19,20,21). The van der Waals surface area contributed by atoms with Gasteiger partial charge in [0.1, 0.15) is 11.6 Å². The number of para-hydroxylation sites is 1. The lowest BCUT2D eigenvalue weighted by Crippen LogP contribution is -3.06. The molecule has 0 saturated heterocycles. The van der Waals surface area contributed by atoms with E-state index in [0.717, 1.165) is 54.9 Å². The van der Waals surface area contributed by atoms with Gasteiger partial charge in [0.25, 0.3) is 0 Å². The van der Waals surface area contributed by atoms with Gasteiger partial charge in [-0.3, -0.25) is 0 Å². The number of hydrogen-bond acceptors (Lipinski definition) is 5. The first-order valence-corrected chi connectivity index (χ1v) is 8.54. The highest BCUT2D eigenvalue weighted by Crippen LogP contribution is 2.20. The van der Waals surface area contributed by atoms with Gasteiger partial charge in [-0.25, -0.2) is 9.97 Å². The summed E-state index contributed by atoms with van der Waals surface area (Å²) in [6.07, 6.45) is 3.40. The zero-order valence-corrected chi connectivity index (χ0v) is 14.5. The van der Waals surface area contributed by atoms with Crippen molar-refractivity contribution in [2.75, 3.05) is 32.5 Å². The summed E-state index contributed by atoms with van der Waals surface area (Å²) < 4.78 is 0. The van der Waals surface area contributed by atoms with E-state index in [1.54, 1.807) is 0 Å². The first kappa shape index (κ1) is 18.1. The van der Waals surface area contributed by atoms with Crippen LogP contribution < -0.4 is 15.3 Å². The predicted octanol–water partition coefficient (Wildman–Crippen LogP) is 0.0390. The highest BCUT2D eigenvalue weighted by Gasteiger charge is 2.08. The number of fused-ring (bicyclic) bond motifs is 1. The van der Waals surface area contributed by atoms with Crippen molar-refractivity contribution in [1.29, 1.82) is 0 Å². The predicted molar refractivity (Wildman–Crippen MR) is 92.9 cm³/mol. The number of carbonyl (C=O) groups is 1. The van der Waals surface area contributed by atoms with Crippen molar-refractivity contribution in [3.05, 3.63) is 30.1 Å². The summed E-state index contributed by atoms with van der Waals surface area (Å²) >= 11 is 0. The molecule has 0 unspecified atom stereocenters. The molecule has 1 aromatic carbocycles. The van der Waals surface area contributed by atoms with E-state index in [4.69, 9.17) is 0 Å². The maximum Gasteiger partial charge on any atom is 0.137 e. The Labute approximate surface area is 142 Å². The minimum absolute atomic E-state index is 0.132. The normalized spacial score (nSPS) is 11.1. The van der Waals surface area contributed by atoms with Crippen molar-refractivity contribution in [3.63, 3.8) is 0 Å². The van der Waals surface area contributed by atoms with Crippen LogP contribution in [0.4, 0.5) is 5.82 Å². The van der Waals surface area contributed by atoms with E-state index in [0.29, 0.717) is 6.42 Å². The number of quaternary nitrogens is 1. The number of nitrogens with zero attached hydrogens (tertiary/aromatic N) is 2. The number of nitrogens with one attached hydrogen (secondary N) is 2. The Hall–Kier alpha value is -2.21. The molecule has 1 heterocycles. The third-order valence-corrected chi connectivity index (χ3v) is 3.85. The first-order chi connectivity index (χ1) is 11.6. The summed E-state index contributed by atoms with van der Waals surface area (Å²) in [6, 6.07) is 8.00. The highest BCUT2D eigenvalue weighted by molar-refractivity contribution is 5.88. The van der Waals surface area contributed by atoms with Gasteiger partial charge >= 0.3 is 0 Å². The number of aromatic nitrogens is 2. The van der Waals surface area contributed by atoms with Crippen LogP contribution in [0, 0.1) is 0 Å². The largest absolute Gasteiger partial charge is 0.550 e. The molecule has 2 N–H and O–H groups in total. The number of rotatable bonds is 10. The Kier molecular flexibility index (Phi) is 6.93. The average molecular weight is 330 g/mol. The quantitative estimate of drug-likeness (QED) is 0.601. The molecule has 0 atom stereocenters. The molecule has 2 rings (SSSR count). The molecule has 6 nitrogen and oxygen atoms in total. The Morgan fingerprint density at radius 3 is 2.71 bits per heavy atom. The number of carboxylic acid groups (broad SMARTS) is 1. The fourth-order valence-corrected chi connectivity index (χ4v) is 2.51. The maximum absolute atomic E-state index is 10.4. The van der Waals surface area contributed by atoms with Crippen LogP contribution in [0.3, 0.4) is 0 Å². The summed E-state index contributed by atoms with van der Waals surface area (Å²) in [7, 11) is 4.24. The van der Waals surface area contributed by atoms with Crippen LogP contribution in [-0.2, 0) is 11.2 Å². The number of carboxylic acids is 1. The van der Waals surface area contributed by atoms with Gasteiger partial charge < -0.3 is 20.1 Å². The van der Waals surface area contributed by atoms with E-state index >= 15 is 0 Å². The van der Waals surface area contributed by atoms with Crippen molar-refractivity contribution < 1.29 is 14.8 Å². The lowest BCUT2D eigenvalue weighted by Gasteiger charge is -2.12. The number of likely N-dealkylation sites (N-methyl/N-ethyl adjacent to an activating group) is 1. The summed E-state index contributed by atoms with van der Waals surface area (Å²) in [6.45, 7) is 1.76. The molecule has 0 amide bonds. The Balaban J connectivity index is 2.00. The Bertz CT molecular complexity index is 673. The van der Waals surface area contributed by atoms with Crippen molar-refractivity contribution in [2.45, 2.75) is 32.1 Å². The minimum atomic E-state index is -0.975. The van der Waals surface area contributed by atoms with Gasteiger partial charge in [-0.1, -0.05) is 18.6 Å². The third-order valence-electron chi connectivity index (χ3n) is 3.85. The SMILES string of the molecule is C[NH+](C)CCc1nc(NCCCCCC(=O)[O-])c2ccccc2n1. The molecule has 0 bridgehead atoms. The number of anilines is 1. The van der Waals surface area contributed by atoms with Gasteiger partial charge in [-0.2, -0.15) is 0 Å². The Morgan fingerprint density at radius 2 is 1.96 bits per heavy atom. The molecule has 0 spiro atoms. The summed E-state index contributed by atoms with van der Waals surface area (Å²) in [5.41, 5.74) is 0.954. The second-order valence-electron chi connectivity index (χ2n) is 6.32. The van der Waals surface area contributed by atoms with Gasteiger partial charge in [0.2, 0.25) is 0 Å². The molecule has 0 fully saturated rings. The van der Waals surface area contributed by atoms with E-state index in [9.17, 15) is 9.90 Å². The van der Waals surface area contributed by atoms with E-state index < -0.39 is 5.97 Å². The molecular weight excluding hydrogens is 304 g/mol. The lowest BCUT2D eigenvalue weighted by atomic mass is 10.2. The number of carbonyl (C=O) groups excluding carboxylic acids is 1. The maximum atomic E-state index is 10.4. The van der Waals surface area contributed by atoms with Crippen molar-refractivity contribution >= 4 is 22.7 Å². The topological polar surface area (TPSA) is 82.4 Å². The van der Waals surface area contributed by atoms with Crippen LogP contribution >= 0.6 is 0 Å².